The van der Waals surface area contributed by atoms with Gasteiger partial charge in [0.2, 0.25) is 5.91 Å². The summed E-state index contributed by atoms with van der Waals surface area (Å²) in [6.45, 7) is 5.29. The van der Waals surface area contributed by atoms with Gasteiger partial charge in [-0.3, -0.25) is 9.59 Å². The van der Waals surface area contributed by atoms with Gasteiger partial charge in [-0.15, -0.1) is 0 Å². The smallest absolute Gasteiger partial charge is 0.254 e. The zero-order valence-corrected chi connectivity index (χ0v) is 15.4. The fourth-order valence-corrected chi connectivity index (χ4v) is 2.46. The summed E-state index contributed by atoms with van der Waals surface area (Å²) in [5.74, 6) is 0.866. The number of nitrogens with zero attached hydrogens (tertiary/aromatic N) is 2. The summed E-state index contributed by atoms with van der Waals surface area (Å²) >= 11 is 0. The first kappa shape index (κ1) is 18.3. The lowest BCUT2D eigenvalue weighted by Crippen LogP contribution is -2.32. The maximum atomic E-state index is 12.3. The first-order chi connectivity index (χ1) is 12.9. The Morgan fingerprint density at radius 2 is 1.85 bits per heavy atom. The number of anilines is 2. The van der Waals surface area contributed by atoms with Crippen molar-refractivity contribution in [2.45, 2.75) is 26.8 Å². The van der Waals surface area contributed by atoms with Crippen LogP contribution in [0, 0.1) is 13.8 Å². The van der Waals surface area contributed by atoms with Crippen LogP contribution in [0.2, 0.25) is 0 Å². The van der Waals surface area contributed by atoms with E-state index in [0.717, 1.165) is 5.69 Å². The van der Waals surface area contributed by atoms with Gasteiger partial charge in [0.1, 0.15) is 17.7 Å². The lowest BCUT2D eigenvalue weighted by molar-refractivity contribution is -0.116. The van der Waals surface area contributed by atoms with Gasteiger partial charge < -0.3 is 15.6 Å². The van der Waals surface area contributed by atoms with Gasteiger partial charge >= 0.3 is 0 Å². The van der Waals surface area contributed by atoms with Crippen molar-refractivity contribution in [3.8, 4) is 11.4 Å². The molecule has 0 radical (unpaired) electrons. The van der Waals surface area contributed by atoms with Gasteiger partial charge in [-0.05, 0) is 45.0 Å². The summed E-state index contributed by atoms with van der Waals surface area (Å²) in [6.07, 6.45) is 1.61. The van der Waals surface area contributed by atoms with Crippen LogP contribution >= 0.6 is 0 Å². The van der Waals surface area contributed by atoms with E-state index in [1.54, 1.807) is 39.1 Å². The Balaban J connectivity index is 1.68. The molecule has 3 aromatic rings. The van der Waals surface area contributed by atoms with E-state index in [-0.39, 0.29) is 11.5 Å². The van der Waals surface area contributed by atoms with E-state index in [1.165, 1.54) is 0 Å². The Morgan fingerprint density at radius 3 is 2.48 bits per heavy atom. The molecule has 1 amide bonds. The van der Waals surface area contributed by atoms with Crippen molar-refractivity contribution < 1.29 is 4.79 Å². The molecule has 7 nitrogen and oxygen atoms in total. The third-order valence-corrected chi connectivity index (χ3v) is 4.23. The zero-order valence-electron chi connectivity index (χ0n) is 15.4. The van der Waals surface area contributed by atoms with Crippen molar-refractivity contribution in [2.75, 3.05) is 10.6 Å². The number of amides is 1. The summed E-state index contributed by atoms with van der Waals surface area (Å²) in [7, 11) is 0. The fourth-order valence-electron chi connectivity index (χ4n) is 2.46. The summed E-state index contributed by atoms with van der Waals surface area (Å²) < 4.78 is 0. The molecule has 0 bridgehead atoms. The lowest BCUT2D eigenvalue weighted by Gasteiger charge is -2.15. The number of aromatic amines is 1. The minimum absolute atomic E-state index is 0.160. The number of aromatic nitrogens is 3. The highest BCUT2D eigenvalue weighted by Gasteiger charge is 2.13. The monoisotopic (exact) mass is 363 g/mol. The highest BCUT2D eigenvalue weighted by atomic mass is 16.2. The summed E-state index contributed by atoms with van der Waals surface area (Å²) in [4.78, 5) is 35.6. The lowest BCUT2D eigenvalue weighted by atomic mass is 10.2. The summed E-state index contributed by atoms with van der Waals surface area (Å²) in [5, 5.41) is 5.89. The highest BCUT2D eigenvalue weighted by Crippen LogP contribution is 2.16. The molecule has 7 heteroatoms. The molecule has 0 aliphatic heterocycles. The topological polar surface area (TPSA) is 99.8 Å². The van der Waals surface area contributed by atoms with Crippen LogP contribution in [0.1, 0.15) is 18.2 Å². The van der Waals surface area contributed by atoms with Crippen molar-refractivity contribution in [3.63, 3.8) is 0 Å². The first-order valence-electron chi connectivity index (χ1n) is 8.60. The van der Waals surface area contributed by atoms with Gasteiger partial charge in [-0.1, -0.05) is 18.2 Å². The third kappa shape index (κ3) is 4.38. The maximum Gasteiger partial charge on any atom is 0.254 e. The molecule has 3 N–H and O–H groups in total. The highest BCUT2D eigenvalue weighted by molar-refractivity contribution is 5.96. The number of benzene rings is 1. The van der Waals surface area contributed by atoms with Crippen LogP contribution in [0.25, 0.3) is 11.4 Å². The molecule has 2 heterocycles. The molecule has 0 aliphatic rings. The molecule has 2 aromatic heterocycles. The number of hydrogen-bond acceptors (Lipinski definition) is 5. The van der Waals surface area contributed by atoms with Crippen molar-refractivity contribution >= 4 is 17.4 Å². The van der Waals surface area contributed by atoms with Crippen molar-refractivity contribution in [1.82, 2.24) is 15.0 Å². The number of para-hydroxylation sites is 1. The molecule has 0 fully saturated rings. The second-order valence-corrected chi connectivity index (χ2v) is 6.28. The minimum atomic E-state index is -0.469. The minimum Gasteiger partial charge on any atom is -0.359 e. The predicted octanol–water partition coefficient (Wildman–Crippen LogP) is 2.89. The quantitative estimate of drug-likeness (QED) is 0.647. The Labute approximate surface area is 156 Å². The first-order valence-corrected chi connectivity index (χ1v) is 8.60. The number of rotatable bonds is 5. The van der Waals surface area contributed by atoms with E-state index in [0.29, 0.717) is 28.5 Å². The SMILES string of the molecule is Cc1nc(-c2ccc(NC(C)C(=O)Nc3ccccc3)nc2)[nH]c(=O)c1C. The molecule has 1 atom stereocenters. The van der Waals surface area contributed by atoms with E-state index in [1.807, 2.05) is 30.3 Å². The van der Waals surface area contributed by atoms with Crippen LogP contribution in [-0.4, -0.2) is 26.9 Å². The van der Waals surface area contributed by atoms with Gasteiger partial charge in [-0.2, -0.15) is 0 Å². The van der Waals surface area contributed by atoms with Crippen molar-refractivity contribution in [1.29, 1.82) is 0 Å². The average molecular weight is 363 g/mol. The molecule has 0 spiro atoms. The van der Waals surface area contributed by atoms with Crippen molar-refractivity contribution in [2.24, 2.45) is 0 Å². The summed E-state index contributed by atoms with van der Waals surface area (Å²) in [6, 6.07) is 12.3. The Morgan fingerprint density at radius 1 is 1.11 bits per heavy atom. The molecule has 1 unspecified atom stereocenters. The second kappa shape index (κ2) is 7.82. The Kier molecular flexibility index (Phi) is 5.30. The van der Waals surface area contributed by atoms with Crippen molar-refractivity contribution in [3.05, 3.63) is 70.3 Å². The number of hydrogen-bond donors (Lipinski definition) is 3. The molecule has 1 aromatic carbocycles. The van der Waals surface area contributed by atoms with Crippen LogP contribution in [0.3, 0.4) is 0 Å². The molecule has 0 aliphatic carbocycles. The van der Waals surface area contributed by atoms with Crippen LogP contribution in [0.15, 0.2) is 53.5 Å². The third-order valence-electron chi connectivity index (χ3n) is 4.23. The largest absolute Gasteiger partial charge is 0.359 e. The van der Waals surface area contributed by atoms with E-state index >= 15 is 0 Å². The van der Waals surface area contributed by atoms with Crippen LogP contribution in [0.5, 0.6) is 0 Å². The van der Waals surface area contributed by atoms with E-state index in [2.05, 4.69) is 25.6 Å². The molecular formula is C20H21N5O2. The van der Waals surface area contributed by atoms with Crippen LogP contribution in [0.4, 0.5) is 11.5 Å². The molecule has 138 valence electrons. The number of carbonyl (C=O) groups is 1. The average Bonchev–Trinajstić information content (AvgIpc) is 2.67. The standard InChI is InChI=1S/C20H21N5O2/c1-12-13(2)23-18(25-19(12)26)15-9-10-17(21-11-15)22-14(3)20(27)24-16-7-5-4-6-8-16/h4-11,14H,1-3H3,(H,21,22)(H,24,27)(H,23,25,26). The summed E-state index contributed by atoms with van der Waals surface area (Å²) in [5.41, 5.74) is 2.56. The molecule has 0 saturated heterocycles. The second-order valence-electron chi connectivity index (χ2n) is 6.28. The van der Waals surface area contributed by atoms with E-state index in [4.69, 9.17) is 0 Å². The number of carbonyl (C=O) groups excluding carboxylic acids is 1. The van der Waals surface area contributed by atoms with Crippen LogP contribution < -0.4 is 16.2 Å². The number of H-pyrrole nitrogens is 1. The van der Waals surface area contributed by atoms with Gasteiger partial charge in [-0.25, -0.2) is 9.97 Å². The molecular weight excluding hydrogens is 342 g/mol. The Hall–Kier alpha value is -3.48. The fraction of sp³-hybridized carbons (Fsp3) is 0.200. The Bertz CT molecular complexity index is 997. The normalized spacial score (nSPS) is 11.7. The molecule has 0 saturated carbocycles. The van der Waals surface area contributed by atoms with Gasteiger partial charge in [0.05, 0.1) is 0 Å². The molecule has 3 rings (SSSR count). The number of pyridine rings is 1. The van der Waals surface area contributed by atoms with Crippen LogP contribution in [-0.2, 0) is 4.79 Å². The van der Waals surface area contributed by atoms with Gasteiger partial charge in [0.15, 0.2) is 0 Å². The van der Waals surface area contributed by atoms with Gasteiger partial charge in [0.25, 0.3) is 5.56 Å². The zero-order chi connectivity index (χ0) is 19.4. The predicted molar refractivity (Wildman–Crippen MR) is 106 cm³/mol. The van der Waals surface area contributed by atoms with Gasteiger partial charge in [0, 0.05) is 28.7 Å². The van der Waals surface area contributed by atoms with E-state index in [9.17, 15) is 9.59 Å². The number of aryl methyl sites for hydroxylation is 1. The van der Waals surface area contributed by atoms with E-state index < -0.39 is 6.04 Å². The number of nitrogens with one attached hydrogen (secondary N) is 3. The molecule has 27 heavy (non-hydrogen) atoms. The maximum absolute atomic E-state index is 12.3.